The minimum absolute atomic E-state index is 0.229. The van der Waals surface area contributed by atoms with Gasteiger partial charge in [0, 0.05) is 18.3 Å². The largest absolute Gasteiger partial charge is 0.490 e. The molecule has 2 aromatic rings. The Kier molecular flexibility index (Phi) is 4.90. The summed E-state index contributed by atoms with van der Waals surface area (Å²) >= 11 is 0. The maximum Gasteiger partial charge on any atom is 0.161 e. The lowest BCUT2D eigenvalue weighted by Gasteiger charge is -2.13. The molecule has 2 N–H and O–H groups in total. The first-order valence-corrected chi connectivity index (χ1v) is 6.41. The van der Waals surface area contributed by atoms with Crippen LogP contribution in [-0.4, -0.2) is 11.6 Å². The Hall–Kier alpha value is -2.14. The number of nitrogens with two attached hydrogens (primary N) is 1. The van der Waals surface area contributed by atoms with Crippen LogP contribution in [0.2, 0.25) is 0 Å². The van der Waals surface area contributed by atoms with Crippen molar-refractivity contribution in [1.82, 2.24) is 4.98 Å². The minimum Gasteiger partial charge on any atom is -0.490 e. The molecule has 0 amide bonds. The van der Waals surface area contributed by atoms with Crippen molar-refractivity contribution in [3.8, 4) is 11.5 Å². The van der Waals surface area contributed by atoms with E-state index in [-0.39, 0.29) is 12.4 Å². The minimum atomic E-state index is -0.380. The number of aromatic nitrogens is 1. The molecular weight excluding hydrogens is 259 g/mol. The van der Waals surface area contributed by atoms with Crippen LogP contribution in [0.4, 0.5) is 4.39 Å². The predicted octanol–water partition coefficient (Wildman–Crippen LogP) is 2.66. The monoisotopic (exact) mass is 276 g/mol. The zero-order valence-electron chi connectivity index (χ0n) is 11.3. The van der Waals surface area contributed by atoms with Gasteiger partial charge in [-0.25, -0.2) is 4.39 Å². The van der Waals surface area contributed by atoms with Crippen LogP contribution >= 0.6 is 0 Å². The summed E-state index contributed by atoms with van der Waals surface area (Å²) in [6.45, 7) is 3.10. The molecule has 1 aromatic carbocycles. The van der Waals surface area contributed by atoms with E-state index < -0.39 is 0 Å². The predicted molar refractivity (Wildman–Crippen MR) is 74.0 cm³/mol. The van der Waals surface area contributed by atoms with Gasteiger partial charge in [0.2, 0.25) is 0 Å². The molecule has 0 unspecified atom stereocenters. The smallest absolute Gasteiger partial charge is 0.161 e. The molecule has 0 aliphatic heterocycles. The summed E-state index contributed by atoms with van der Waals surface area (Å²) in [6, 6.07) is 6.92. The summed E-state index contributed by atoms with van der Waals surface area (Å²) in [5.74, 6) is 0.864. The van der Waals surface area contributed by atoms with E-state index in [1.165, 1.54) is 6.07 Å². The molecule has 0 bridgehead atoms. The number of ether oxygens (including phenoxy) is 2. The van der Waals surface area contributed by atoms with Crippen molar-refractivity contribution in [2.45, 2.75) is 20.1 Å². The molecule has 0 spiro atoms. The van der Waals surface area contributed by atoms with Crippen molar-refractivity contribution in [2.24, 2.45) is 5.73 Å². The Morgan fingerprint density at radius 3 is 2.65 bits per heavy atom. The standard InChI is InChI=1S/C15H17FN2O2/c1-2-19-15-6-11(7-17)3-4-14(15)20-10-12-5-13(16)9-18-8-12/h3-6,8-9H,2,7,10,17H2,1H3. The lowest BCUT2D eigenvalue weighted by Crippen LogP contribution is -2.02. The van der Waals surface area contributed by atoms with E-state index in [4.69, 9.17) is 15.2 Å². The summed E-state index contributed by atoms with van der Waals surface area (Å²) in [6.07, 6.45) is 2.73. The fourth-order valence-electron chi connectivity index (χ4n) is 1.76. The molecule has 1 heterocycles. The molecular formula is C15H17FN2O2. The third-order valence-electron chi connectivity index (χ3n) is 2.70. The van der Waals surface area contributed by atoms with E-state index in [2.05, 4.69) is 4.98 Å². The number of rotatable bonds is 6. The summed E-state index contributed by atoms with van der Waals surface area (Å²) in [5.41, 5.74) is 7.23. The molecule has 0 atom stereocenters. The fraction of sp³-hybridized carbons (Fsp3) is 0.267. The zero-order valence-corrected chi connectivity index (χ0v) is 11.3. The second-order valence-corrected chi connectivity index (χ2v) is 4.22. The number of hydrogen-bond donors (Lipinski definition) is 1. The third kappa shape index (κ3) is 3.68. The molecule has 0 aliphatic carbocycles. The first-order valence-electron chi connectivity index (χ1n) is 6.41. The number of halogens is 1. The maximum absolute atomic E-state index is 13.0. The van der Waals surface area contributed by atoms with Crippen molar-refractivity contribution in [2.75, 3.05) is 6.61 Å². The van der Waals surface area contributed by atoms with E-state index in [0.717, 1.165) is 11.8 Å². The fourth-order valence-corrected chi connectivity index (χ4v) is 1.76. The summed E-state index contributed by atoms with van der Waals surface area (Å²) in [7, 11) is 0. The van der Waals surface area contributed by atoms with Gasteiger partial charge in [-0.1, -0.05) is 6.07 Å². The van der Waals surface area contributed by atoms with Gasteiger partial charge in [0.05, 0.1) is 12.8 Å². The van der Waals surface area contributed by atoms with Crippen molar-refractivity contribution in [3.63, 3.8) is 0 Å². The molecule has 0 saturated carbocycles. The molecule has 0 radical (unpaired) electrons. The lowest BCUT2D eigenvalue weighted by atomic mass is 10.2. The molecule has 1 aromatic heterocycles. The highest BCUT2D eigenvalue weighted by molar-refractivity contribution is 5.43. The molecule has 2 rings (SSSR count). The third-order valence-corrected chi connectivity index (χ3v) is 2.70. The van der Waals surface area contributed by atoms with Crippen LogP contribution in [0.15, 0.2) is 36.7 Å². The van der Waals surface area contributed by atoms with Gasteiger partial charge in [-0.05, 0) is 30.7 Å². The van der Waals surface area contributed by atoms with Crippen LogP contribution in [0.25, 0.3) is 0 Å². The lowest BCUT2D eigenvalue weighted by molar-refractivity contribution is 0.268. The topological polar surface area (TPSA) is 57.4 Å². The Labute approximate surface area is 117 Å². The van der Waals surface area contributed by atoms with Gasteiger partial charge < -0.3 is 15.2 Å². The van der Waals surface area contributed by atoms with E-state index in [1.807, 2.05) is 19.1 Å². The average molecular weight is 276 g/mol. The van der Waals surface area contributed by atoms with Crippen LogP contribution in [0.1, 0.15) is 18.1 Å². The van der Waals surface area contributed by atoms with Gasteiger partial charge in [-0.3, -0.25) is 4.98 Å². The molecule has 5 heteroatoms. The average Bonchev–Trinajstić information content (AvgIpc) is 2.46. The normalized spacial score (nSPS) is 10.3. The SMILES string of the molecule is CCOc1cc(CN)ccc1OCc1cncc(F)c1. The molecule has 106 valence electrons. The van der Waals surface area contributed by atoms with Crippen LogP contribution < -0.4 is 15.2 Å². The Balaban J connectivity index is 2.12. The summed E-state index contributed by atoms with van der Waals surface area (Å²) in [4.78, 5) is 3.78. The first-order chi connectivity index (χ1) is 9.72. The number of benzene rings is 1. The van der Waals surface area contributed by atoms with E-state index in [1.54, 1.807) is 12.3 Å². The quantitative estimate of drug-likeness (QED) is 0.881. The molecule has 0 aliphatic rings. The highest BCUT2D eigenvalue weighted by Crippen LogP contribution is 2.29. The summed E-state index contributed by atoms with van der Waals surface area (Å²) in [5, 5.41) is 0. The van der Waals surface area contributed by atoms with Gasteiger partial charge in [-0.15, -0.1) is 0 Å². The highest BCUT2D eigenvalue weighted by atomic mass is 19.1. The van der Waals surface area contributed by atoms with Gasteiger partial charge >= 0.3 is 0 Å². The highest BCUT2D eigenvalue weighted by Gasteiger charge is 2.07. The Morgan fingerprint density at radius 2 is 1.95 bits per heavy atom. The first kappa shape index (κ1) is 14.3. The second kappa shape index (κ2) is 6.86. The summed E-state index contributed by atoms with van der Waals surface area (Å²) < 4.78 is 24.2. The second-order valence-electron chi connectivity index (χ2n) is 4.22. The van der Waals surface area contributed by atoms with Crippen LogP contribution in [-0.2, 0) is 13.2 Å². The molecule has 0 saturated heterocycles. The van der Waals surface area contributed by atoms with Gasteiger partial charge in [0.25, 0.3) is 0 Å². The van der Waals surface area contributed by atoms with Crippen molar-refractivity contribution in [3.05, 3.63) is 53.6 Å². The number of pyridine rings is 1. The Bertz CT molecular complexity index is 576. The van der Waals surface area contributed by atoms with E-state index >= 15 is 0 Å². The zero-order chi connectivity index (χ0) is 14.4. The molecule has 20 heavy (non-hydrogen) atoms. The van der Waals surface area contributed by atoms with Crippen molar-refractivity contribution in [1.29, 1.82) is 0 Å². The maximum atomic E-state index is 13.0. The van der Waals surface area contributed by atoms with Gasteiger partial charge in [0.1, 0.15) is 12.4 Å². The number of nitrogens with zero attached hydrogens (tertiary/aromatic N) is 1. The van der Waals surface area contributed by atoms with Gasteiger partial charge in [-0.2, -0.15) is 0 Å². The van der Waals surface area contributed by atoms with Crippen molar-refractivity contribution >= 4 is 0 Å². The van der Waals surface area contributed by atoms with E-state index in [0.29, 0.717) is 30.2 Å². The van der Waals surface area contributed by atoms with Crippen LogP contribution in [0.3, 0.4) is 0 Å². The van der Waals surface area contributed by atoms with Crippen LogP contribution in [0.5, 0.6) is 11.5 Å². The van der Waals surface area contributed by atoms with Gasteiger partial charge in [0.15, 0.2) is 11.5 Å². The van der Waals surface area contributed by atoms with Crippen molar-refractivity contribution < 1.29 is 13.9 Å². The molecule has 0 fully saturated rings. The van der Waals surface area contributed by atoms with Crippen LogP contribution in [0, 0.1) is 5.82 Å². The molecule has 4 nitrogen and oxygen atoms in total. The van der Waals surface area contributed by atoms with E-state index in [9.17, 15) is 4.39 Å². The Morgan fingerprint density at radius 1 is 1.10 bits per heavy atom. The number of hydrogen-bond acceptors (Lipinski definition) is 4.